The summed E-state index contributed by atoms with van der Waals surface area (Å²) in [4.78, 5) is 15.9. The number of ether oxygens (including phenoxy) is 2. The largest absolute Gasteiger partial charge is 0.481 e. The van der Waals surface area contributed by atoms with Crippen molar-refractivity contribution >= 4 is 16.9 Å². The molecule has 0 saturated carbocycles. The highest BCUT2D eigenvalue weighted by molar-refractivity contribution is 7.97. The van der Waals surface area contributed by atoms with E-state index in [-0.39, 0.29) is 10.9 Å². The van der Waals surface area contributed by atoms with E-state index in [1.54, 1.807) is 0 Å². The molecule has 0 N–H and O–H groups in total. The van der Waals surface area contributed by atoms with E-state index in [9.17, 15) is 26.7 Å². The lowest BCUT2D eigenvalue weighted by molar-refractivity contribution is -0.154. The third kappa shape index (κ3) is 6.77. The molecular weight excluding hydrogens is 571 g/mol. The second kappa shape index (κ2) is 12.7. The molecule has 3 nitrogen and oxygen atoms in total. The first-order valence-electron chi connectivity index (χ1n) is 12.7. The molecule has 0 aromatic heterocycles. The van der Waals surface area contributed by atoms with Gasteiger partial charge in [-0.1, -0.05) is 48.2 Å². The van der Waals surface area contributed by atoms with E-state index in [2.05, 4.69) is 30.2 Å². The zero-order valence-corrected chi connectivity index (χ0v) is 24.0. The van der Waals surface area contributed by atoms with Crippen LogP contribution in [0, 0.1) is 54.8 Å². The Balaban J connectivity index is 1.50. The lowest BCUT2D eigenvalue weighted by Crippen LogP contribution is -2.29. The molecule has 0 unspecified atom stereocenters. The number of halogens is 5. The third-order valence-corrected chi connectivity index (χ3v) is 8.22. The molecule has 0 bridgehead atoms. The Hall–Kier alpha value is -4.29. The first kappa shape index (κ1) is 30.7. The van der Waals surface area contributed by atoms with Crippen molar-refractivity contribution in [3.63, 3.8) is 0 Å². The summed E-state index contributed by atoms with van der Waals surface area (Å²) in [6, 6.07) is 24.3. The van der Waals surface area contributed by atoms with Crippen LogP contribution in [0.1, 0.15) is 30.5 Å². The summed E-state index contributed by atoms with van der Waals surface area (Å²) in [6.07, 6.45) is 0. The highest BCUT2D eigenvalue weighted by Crippen LogP contribution is 2.35. The van der Waals surface area contributed by atoms with Crippen molar-refractivity contribution < 1.29 is 36.2 Å². The van der Waals surface area contributed by atoms with Crippen molar-refractivity contribution in [3.8, 4) is 17.6 Å². The van der Waals surface area contributed by atoms with E-state index in [1.165, 1.54) is 13.8 Å². The van der Waals surface area contributed by atoms with Gasteiger partial charge in [0.1, 0.15) is 11.3 Å². The van der Waals surface area contributed by atoms with Gasteiger partial charge in [0.25, 0.3) is 0 Å². The quantitative estimate of drug-likeness (QED) is 0.0544. The SMILES string of the molecule is Cc1cc([S+](c2ccccc2)c2ccccc2)cc(C)c1OCC(=O)OC(C)(C)C#Cc1c(F)c(F)c(F)c(F)c1F. The Bertz CT molecular complexity index is 1590. The predicted octanol–water partition coefficient (Wildman–Crippen LogP) is 7.85. The molecule has 9 heteroatoms. The normalized spacial score (nSPS) is 11.2. The van der Waals surface area contributed by atoms with E-state index in [0.717, 1.165) is 25.8 Å². The lowest BCUT2D eigenvalue weighted by atomic mass is 10.1. The Labute approximate surface area is 243 Å². The van der Waals surface area contributed by atoms with Crippen LogP contribution in [0.4, 0.5) is 22.0 Å². The van der Waals surface area contributed by atoms with Gasteiger partial charge < -0.3 is 9.47 Å². The maximum Gasteiger partial charge on any atom is 0.345 e. The van der Waals surface area contributed by atoms with Crippen molar-refractivity contribution in [3.05, 3.63) is 119 Å². The molecule has 0 radical (unpaired) electrons. The minimum absolute atomic E-state index is 0.379. The van der Waals surface area contributed by atoms with E-state index in [1.807, 2.05) is 68.3 Å². The molecule has 0 aliphatic heterocycles. The van der Waals surface area contributed by atoms with Crippen LogP contribution in [0.2, 0.25) is 0 Å². The van der Waals surface area contributed by atoms with Crippen LogP contribution in [-0.2, 0) is 20.4 Å². The van der Waals surface area contributed by atoms with Crippen LogP contribution in [0.5, 0.6) is 5.75 Å². The summed E-state index contributed by atoms with van der Waals surface area (Å²) in [6.45, 7) is 5.85. The van der Waals surface area contributed by atoms with Crippen molar-refractivity contribution in [2.24, 2.45) is 0 Å². The fraction of sp³-hybridized carbons (Fsp3) is 0.182. The van der Waals surface area contributed by atoms with Crippen molar-refractivity contribution in [2.75, 3.05) is 6.61 Å². The summed E-state index contributed by atoms with van der Waals surface area (Å²) in [5.41, 5.74) is -1.35. The number of hydrogen-bond donors (Lipinski definition) is 0. The van der Waals surface area contributed by atoms with Gasteiger partial charge in [-0.25, -0.2) is 26.7 Å². The summed E-state index contributed by atoms with van der Waals surface area (Å²) in [5.74, 6) is -6.84. The molecule has 216 valence electrons. The number of aryl methyl sites for hydroxylation is 2. The number of carbonyl (C=O) groups is 1. The van der Waals surface area contributed by atoms with Crippen LogP contribution < -0.4 is 4.74 Å². The van der Waals surface area contributed by atoms with Crippen molar-refractivity contribution in [2.45, 2.75) is 48.0 Å². The molecule has 0 fully saturated rings. The molecule has 0 aliphatic carbocycles. The number of esters is 1. The minimum atomic E-state index is -2.28. The van der Waals surface area contributed by atoms with Crippen LogP contribution in [0.15, 0.2) is 87.5 Å². The van der Waals surface area contributed by atoms with Crippen molar-refractivity contribution in [1.82, 2.24) is 0 Å². The molecule has 42 heavy (non-hydrogen) atoms. The van der Waals surface area contributed by atoms with Crippen LogP contribution in [0.3, 0.4) is 0 Å². The van der Waals surface area contributed by atoms with E-state index < -0.39 is 52.8 Å². The topological polar surface area (TPSA) is 35.5 Å². The Morgan fingerprint density at radius 2 is 1.19 bits per heavy atom. The van der Waals surface area contributed by atoms with Gasteiger partial charge in [0.15, 0.2) is 50.2 Å². The second-order valence-corrected chi connectivity index (χ2v) is 11.8. The predicted molar refractivity (Wildman–Crippen MR) is 150 cm³/mol. The zero-order valence-electron chi connectivity index (χ0n) is 23.2. The van der Waals surface area contributed by atoms with Crippen LogP contribution in [0.25, 0.3) is 0 Å². The minimum Gasteiger partial charge on any atom is -0.481 e. The fourth-order valence-electron chi connectivity index (χ4n) is 4.18. The second-order valence-electron chi connectivity index (χ2n) is 9.79. The van der Waals surface area contributed by atoms with Gasteiger partial charge in [-0.3, -0.25) is 0 Å². The molecule has 4 rings (SSSR count). The third-order valence-electron chi connectivity index (χ3n) is 6.03. The molecule has 0 heterocycles. The summed E-state index contributed by atoms with van der Waals surface area (Å²) in [7, 11) is -0.379. The fourth-order valence-corrected chi connectivity index (χ4v) is 6.44. The van der Waals surface area contributed by atoms with Gasteiger partial charge in [0.05, 0.1) is 10.9 Å². The molecule has 4 aromatic rings. The zero-order chi connectivity index (χ0) is 30.6. The molecule has 0 amide bonds. The maximum atomic E-state index is 13.9. The monoisotopic (exact) mass is 597 g/mol. The molecule has 0 atom stereocenters. The summed E-state index contributed by atoms with van der Waals surface area (Å²) >= 11 is 0. The molecular formula is C33H26F5O3S+. The highest BCUT2D eigenvalue weighted by atomic mass is 32.2. The average molecular weight is 598 g/mol. The number of carbonyl (C=O) groups excluding carboxylic acids is 1. The van der Waals surface area contributed by atoms with E-state index >= 15 is 0 Å². The first-order chi connectivity index (χ1) is 19.9. The summed E-state index contributed by atoms with van der Waals surface area (Å²) < 4.78 is 79.2. The number of benzene rings is 4. The van der Waals surface area contributed by atoms with Gasteiger partial charge in [-0.05, 0) is 63.1 Å². The van der Waals surface area contributed by atoms with E-state index in [0.29, 0.717) is 5.75 Å². The molecule has 0 aliphatic rings. The van der Waals surface area contributed by atoms with Gasteiger partial charge >= 0.3 is 5.97 Å². The van der Waals surface area contributed by atoms with Crippen molar-refractivity contribution in [1.29, 1.82) is 0 Å². The van der Waals surface area contributed by atoms with Gasteiger partial charge in [-0.2, -0.15) is 0 Å². The Kier molecular flexibility index (Phi) is 9.27. The standard InChI is InChI=1S/C33H26F5O3S/c1-20-17-24(42(22-11-7-5-8-12-22)23-13-9-6-10-14-23)18-21(2)32(20)40-19-26(39)41-33(3,4)16-15-25-27(34)29(36)31(38)30(37)28(25)35/h5-14,17-18H,19H2,1-4H3/q+1. The van der Waals surface area contributed by atoms with Gasteiger partial charge in [0, 0.05) is 12.1 Å². The summed E-state index contributed by atoms with van der Waals surface area (Å²) in [5, 5.41) is 0. The van der Waals surface area contributed by atoms with Crippen LogP contribution >= 0.6 is 0 Å². The van der Waals surface area contributed by atoms with Gasteiger partial charge in [0.2, 0.25) is 5.82 Å². The molecule has 0 saturated heterocycles. The average Bonchev–Trinajstić information content (AvgIpc) is 2.95. The Morgan fingerprint density at radius 3 is 1.67 bits per heavy atom. The maximum absolute atomic E-state index is 13.9. The number of rotatable bonds is 7. The first-order valence-corrected chi connectivity index (χ1v) is 14.0. The van der Waals surface area contributed by atoms with Crippen LogP contribution in [-0.4, -0.2) is 18.2 Å². The highest BCUT2D eigenvalue weighted by Gasteiger charge is 2.30. The number of hydrogen-bond acceptors (Lipinski definition) is 3. The molecule has 0 spiro atoms. The molecule has 4 aromatic carbocycles. The van der Waals surface area contributed by atoms with E-state index in [4.69, 9.17) is 9.47 Å². The smallest absolute Gasteiger partial charge is 0.345 e. The Morgan fingerprint density at radius 1 is 0.738 bits per heavy atom. The van der Waals surface area contributed by atoms with Gasteiger partial charge in [-0.15, -0.1) is 0 Å². The lowest BCUT2D eigenvalue weighted by Gasteiger charge is -2.20.